The van der Waals surface area contributed by atoms with Crippen molar-refractivity contribution in [2.75, 3.05) is 159 Å². The fraction of sp³-hybridized carbons (Fsp3) is 0.929. The molecule has 15 heteroatoms. The van der Waals surface area contributed by atoms with Crippen molar-refractivity contribution in [2.24, 2.45) is 0 Å². The summed E-state index contributed by atoms with van der Waals surface area (Å²) in [6.45, 7) is 10.5. The van der Waals surface area contributed by atoms with E-state index in [0.29, 0.717) is 158 Å². The molecule has 0 unspecified atom stereocenters. The third-order valence-corrected chi connectivity index (χ3v) is 5.22. The van der Waals surface area contributed by atoms with Crippen LogP contribution in [0.5, 0.6) is 0 Å². The van der Waals surface area contributed by atoms with E-state index < -0.39 is 0 Å². The molecule has 0 aromatic carbocycles. The van der Waals surface area contributed by atoms with Gasteiger partial charge in [-0.15, -0.1) is 0 Å². The summed E-state index contributed by atoms with van der Waals surface area (Å²) in [6, 6.07) is 0. The predicted molar refractivity (Wildman–Crippen MR) is 156 cm³/mol. The van der Waals surface area contributed by atoms with E-state index in [0.717, 1.165) is 0 Å². The number of hydrogen-bond acceptors (Lipinski definition) is 13. The molecule has 0 heterocycles. The molecular formula is C28H56N2O13. The SMILES string of the molecule is CNC(=O)CCOCCOCCOCCOCCOCCOCCOCCOCCOCCOCCOCCC(=O)NC. The maximum atomic E-state index is 11.0. The Hall–Kier alpha value is -1.50. The fourth-order valence-electron chi connectivity index (χ4n) is 2.88. The second-order valence-corrected chi connectivity index (χ2v) is 8.58. The second kappa shape index (κ2) is 36.7. The zero-order valence-corrected chi connectivity index (χ0v) is 26.3. The van der Waals surface area contributed by atoms with Crippen molar-refractivity contribution in [3.63, 3.8) is 0 Å². The van der Waals surface area contributed by atoms with Crippen molar-refractivity contribution >= 4 is 11.8 Å². The van der Waals surface area contributed by atoms with Crippen LogP contribution in [-0.2, 0) is 61.7 Å². The molecule has 0 atom stereocenters. The largest absolute Gasteiger partial charge is 0.379 e. The van der Waals surface area contributed by atoms with Gasteiger partial charge in [-0.3, -0.25) is 9.59 Å². The quantitative estimate of drug-likeness (QED) is 0.0851. The molecule has 0 rings (SSSR count). The van der Waals surface area contributed by atoms with Gasteiger partial charge in [-0.05, 0) is 0 Å². The first-order valence-corrected chi connectivity index (χ1v) is 15.0. The van der Waals surface area contributed by atoms with E-state index >= 15 is 0 Å². The highest BCUT2D eigenvalue weighted by Crippen LogP contribution is 1.88. The number of ether oxygens (including phenoxy) is 11. The molecule has 0 bridgehead atoms. The summed E-state index contributed by atoms with van der Waals surface area (Å²) < 4.78 is 59.4. The number of rotatable bonds is 36. The summed E-state index contributed by atoms with van der Waals surface area (Å²) in [6.07, 6.45) is 0.707. The van der Waals surface area contributed by atoms with Gasteiger partial charge in [0.15, 0.2) is 0 Å². The van der Waals surface area contributed by atoms with E-state index in [9.17, 15) is 9.59 Å². The van der Waals surface area contributed by atoms with Crippen molar-refractivity contribution < 1.29 is 61.7 Å². The van der Waals surface area contributed by atoms with Crippen molar-refractivity contribution in [3.05, 3.63) is 0 Å². The van der Waals surface area contributed by atoms with Crippen LogP contribution in [0.25, 0.3) is 0 Å². The zero-order valence-electron chi connectivity index (χ0n) is 26.3. The Morgan fingerprint density at radius 2 is 0.442 bits per heavy atom. The van der Waals surface area contributed by atoms with E-state index in [1.165, 1.54) is 0 Å². The Kier molecular flexibility index (Phi) is 35.4. The molecule has 0 fully saturated rings. The molecule has 0 spiro atoms. The number of hydrogen-bond donors (Lipinski definition) is 2. The molecule has 0 aliphatic carbocycles. The van der Waals surface area contributed by atoms with E-state index in [4.69, 9.17) is 52.1 Å². The molecule has 0 aromatic heterocycles. The minimum atomic E-state index is -0.0383. The third-order valence-electron chi connectivity index (χ3n) is 5.22. The second-order valence-electron chi connectivity index (χ2n) is 8.58. The first-order chi connectivity index (χ1) is 21.2. The predicted octanol–water partition coefficient (Wildman–Crippen LogP) is -0.559. The monoisotopic (exact) mass is 628 g/mol. The van der Waals surface area contributed by atoms with Crippen LogP contribution in [0.4, 0.5) is 0 Å². The molecule has 0 aromatic rings. The number of carbonyl (C=O) groups is 2. The maximum absolute atomic E-state index is 11.0. The molecule has 0 aliphatic rings. The van der Waals surface area contributed by atoms with E-state index in [1.807, 2.05) is 0 Å². The molecule has 0 aliphatic heterocycles. The van der Waals surface area contributed by atoms with Gasteiger partial charge in [0.1, 0.15) is 0 Å². The summed E-state index contributed by atoms with van der Waals surface area (Å²) in [4.78, 5) is 22.0. The summed E-state index contributed by atoms with van der Waals surface area (Å²) in [5.74, 6) is -0.0766. The van der Waals surface area contributed by atoms with Crippen LogP contribution in [0.1, 0.15) is 12.8 Å². The van der Waals surface area contributed by atoms with E-state index in [1.54, 1.807) is 14.1 Å². The lowest BCUT2D eigenvalue weighted by molar-refractivity contribution is -0.122. The van der Waals surface area contributed by atoms with Gasteiger partial charge in [0.05, 0.1) is 145 Å². The molecule has 0 saturated carbocycles. The Morgan fingerprint density at radius 1 is 0.302 bits per heavy atom. The first kappa shape index (κ1) is 41.5. The smallest absolute Gasteiger partial charge is 0.222 e. The van der Waals surface area contributed by atoms with Gasteiger partial charge in [0.2, 0.25) is 11.8 Å². The molecule has 0 saturated heterocycles. The molecular weight excluding hydrogens is 572 g/mol. The average Bonchev–Trinajstić information content (AvgIpc) is 3.02. The fourth-order valence-corrected chi connectivity index (χ4v) is 2.88. The average molecular weight is 629 g/mol. The van der Waals surface area contributed by atoms with Gasteiger partial charge >= 0.3 is 0 Å². The molecule has 15 nitrogen and oxygen atoms in total. The topological polar surface area (TPSA) is 160 Å². The Morgan fingerprint density at radius 3 is 0.581 bits per heavy atom. The van der Waals surface area contributed by atoms with Gasteiger partial charge < -0.3 is 62.7 Å². The van der Waals surface area contributed by atoms with Gasteiger partial charge in [-0.2, -0.15) is 0 Å². The molecule has 43 heavy (non-hydrogen) atoms. The van der Waals surface area contributed by atoms with Crippen molar-refractivity contribution in [2.45, 2.75) is 12.8 Å². The van der Waals surface area contributed by atoms with Crippen LogP contribution in [0.3, 0.4) is 0 Å². The van der Waals surface area contributed by atoms with Crippen molar-refractivity contribution in [3.8, 4) is 0 Å². The highest BCUT2D eigenvalue weighted by molar-refractivity contribution is 5.75. The summed E-state index contributed by atoms with van der Waals surface area (Å²) in [5, 5.41) is 5.07. The normalized spacial score (nSPS) is 11.2. The summed E-state index contributed by atoms with van der Waals surface area (Å²) in [5.41, 5.74) is 0. The molecule has 2 N–H and O–H groups in total. The third kappa shape index (κ3) is 36.6. The van der Waals surface area contributed by atoms with Crippen molar-refractivity contribution in [1.82, 2.24) is 10.6 Å². The minimum Gasteiger partial charge on any atom is -0.379 e. The van der Waals surface area contributed by atoms with Crippen molar-refractivity contribution in [1.29, 1.82) is 0 Å². The Balaban J connectivity index is 3.06. The highest BCUT2D eigenvalue weighted by Gasteiger charge is 1.99. The van der Waals surface area contributed by atoms with Crippen LogP contribution in [-0.4, -0.2) is 171 Å². The lowest BCUT2D eigenvalue weighted by Gasteiger charge is -2.09. The standard InChI is InChI=1S/C28H56N2O13/c1-29-27(31)3-5-33-7-9-35-11-13-37-15-17-39-19-21-41-23-25-43-26-24-42-22-20-40-18-16-38-14-12-36-10-8-34-6-4-28(32)30-2/h3-26H2,1-2H3,(H,29,31)(H,30,32). The Labute approximate surface area is 256 Å². The van der Waals surface area contributed by atoms with Crippen LogP contribution < -0.4 is 10.6 Å². The van der Waals surface area contributed by atoms with Crippen LogP contribution >= 0.6 is 0 Å². The van der Waals surface area contributed by atoms with E-state index in [2.05, 4.69) is 10.6 Å². The van der Waals surface area contributed by atoms with Gasteiger partial charge in [0, 0.05) is 26.9 Å². The molecule has 2 amide bonds. The van der Waals surface area contributed by atoms with Gasteiger partial charge in [-0.1, -0.05) is 0 Å². The van der Waals surface area contributed by atoms with Crippen LogP contribution in [0.15, 0.2) is 0 Å². The van der Waals surface area contributed by atoms with Gasteiger partial charge in [-0.25, -0.2) is 0 Å². The zero-order chi connectivity index (χ0) is 31.3. The molecule has 0 radical (unpaired) electrons. The van der Waals surface area contributed by atoms with Crippen LogP contribution in [0.2, 0.25) is 0 Å². The van der Waals surface area contributed by atoms with E-state index in [-0.39, 0.29) is 11.8 Å². The lowest BCUT2D eigenvalue weighted by atomic mass is 10.4. The maximum Gasteiger partial charge on any atom is 0.222 e. The Bertz CT molecular complexity index is 543. The van der Waals surface area contributed by atoms with Crippen LogP contribution in [0, 0.1) is 0 Å². The highest BCUT2D eigenvalue weighted by atomic mass is 16.6. The number of amides is 2. The lowest BCUT2D eigenvalue weighted by Crippen LogP contribution is -2.20. The summed E-state index contributed by atoms with van der Waals surface area (Å²) >= 11 is 0. The minimum absolute atomic E-state index is 0.0383. The number of nitrogens with one attached hydrogen (secondary N) is 2. The van der Waals surface area contributed by atoms with Gasteiger partial charge in [0.25, 0.3) is 0 Å². The number of carbonyl (C=O) groups excluding carboxylic acids is 2. The summed E-state index contributed by atoms with van der Waals surface area (Å²) in [7, 11) is 3.20. The molecule has 256 valence electrons. The first-order valence-electron chi connectivity index (χ1n) is 15.0.